The Labute approximate surface area is 215 Å². The first-order valence-corrected chi connectivity index (χ1v) is 12.7. The number of fused-ring (bicyclic) bond motifs is 3. The number of benzene rings is 2. The number of nitrogens with one attached hydrogen (secondary N) is 3. The van der Waals surface area contributed by atoms with Crippen LogP contribution in [-0.2, 0) is 11.3 Å². The first-order valence-electron chi connectivity index (χ1n) is 11.5. The van der Waals surface area contributed by atoms with Crippen molar-refractivity contribution in [1.82, 2.24) is 20.0 Å². The zero-order chi connectivity index (χ0) is 25.2. The van der Waals surface area contributed by atoms with Crippen molar-refractivity contribution in [3.63, 3.8) is 0 Å². The van der Waals surface area contributed by atoms with E-state index in [0.29, 0.717) is 49.8 Å². The lowest BCUT2D eigenvalue weighted by Gasteiger charge is -2.11. The van der Waals surface area contributed by atoms with Gasteiger partial charge >= 0.3 is 0 Å². The fourth-order valence-corrected chi connectivity index (χ4v) is 5.60. The van der Waals surface area contributed by atoms with Crippen LogP contribution < -0.4 is 20.9 Å². The van der Waals surface area contributed by atoms with Gasteiger partial charge < -0.3 is 25.1 Å². The molecule has 3 N–H and O–H groups in total. The third-order valence-corrected chi connectivity index (χ3v) is 7.51. The molecule has 3 heterocycles. The Balaban J connectivity index is 1.46. The first kappa shape index (κ1) is 24.2. The highest BCUT2D eigenvalue weighted by Gasteiger charge is 2.21. The van der Waals surface area contributed by atoms with Crippen LogP contribution in [-0.4, -0.2) is 47.6 Å². The molecule has 5 rings (SSSR count). The third-order valence-electron chi connectivity index (χ3n) is 6.14. The van der Waals surface area contributed by atoms with Crippen LogP contribution >= 0.6 is 23.6 Å². The van der Waals surface area contributed by atoms with E-state index in [1.807, 2.05) is 24.3 Å². The number of hydrogen-bond donors (Lipinski definition) is 3. The van der Waals surface area contributed by atoms with Crippen LogP contribution in [0.3, 0.4) is 0 Å². The Hall–Kier alpha value is -3.54. The summed E-state index contributed by atoms with van der Waals surface area (Å²) in [4.78, 5) is 41.8. The Morgan fingerprint density at radius 1 is 1.22 bits per heavy atom. The van der Waals surface area contributed by atoms with Gasteiger partial charge in [0.1, 0.15) is 16.3 Å². The van der Waals surface area contributed by atoms with E-state index in [2.05, 4.69) is 15.6 Å². The fraction of sp³-hybridized carbons (Fsp3) is 0.280. The van der Waals surface area contributed by atoms with Crippen molar-refractivity contribution in [2.45, 2.75) is 25.5 Å². The summed E-state index contributed by atoms with van der Waals surface area (Å²) < 4.78 is 12.9. The van der Waals surface area contributed by atoms with Gasteiger partial charge in [-0.25, -0.2) is 0 Å². The van der Waals surface area contributed by atoms with E-state index in [9.17, 15) is 14.4 Å². The molecule has 2 amide bonds. The van der Waals surface area contributed by atoms with Crippen LogP contribution in [0.15, 0.2) is 47.3 Å². The first-order chi connectivity index (χ1) is 17.5. The van der Waals surface area contributed by atoms with Gasteiger partial charge in [0.25, 0.3) is 17.4 Å². The summed E-state index contributed by atoms with van der Waals surface area (Å²) in [7, 11) is 1.58. The molecule has 186 valence electrons. The maximum absolute atomic E-state index is 12.9. The fourth-order valence-electron chi connectivity index (χ4n) is 4.30. The molecular weight excluding hydrogens is 500 g/mol. The van der Waals surface area contributed by atoms with E-state index >= 15 is 0 Å². The third kappa shape index (κ3) is 4.64. The Morgan fingerprint density at radius 2 is 2.06 bits per heavy atom. The summed E-state index contributed by atoms with van der Waals surface area (Å²) in [6.07, 6.45) is 1.87. The van der Waals surface area contributed by atoms with E-state index in [1.165, 1.54) is 0 Å². The molecule has 1 unspecified atom stereocenters. The van der Waals surface area contributed by atoms with Crippen LogP contribution in [0.1, 0.15) is 38.4 Å². The van der Waals surface area contributed by atoms with Crippen molar-refractivity contribution in [2.75, 3.05) is 20.3 Å². The highest BCUT2D eigenvalue weighted by atomic mass is 32.1. The van der Waals surface area contributed by atoms with Crippen LogP contribution in [0.25, 0.3) is 16.6 Å². The number of nitrogens with zero attached hydrogens (tertiary/aromatic N) is 1. The number of carbonyl (C=O) groups is 2. The molecule has 9 nitrogen and oxygen atoms in total. The maximum atomic E-state index is 12.9. The second-order valence-electron chi connectivity index (χ2n) is 8.41. The lowest BCUT2D eigenvalue weighted by Crippen LogP contribution is -2.31. The SMILES string of the molecule is COc1ccccc1CNC(=O)c1ccc2c(=O)[nH]c3c(C(=O)NCC4CCCO4)sc(=S)n3c2c1. The lowest BCUT2D eigenvalue weighted by molar-refractivity contribution is 0.0861. The zero-order valence-corrected chi connectivity index (χ0v) is 21.1. The molecule has 11 heteroatoms. The van der Waals surface area contributed by atoms with Gasteiger partial charge in [-0.15, -0.1) is 0 Å². The number of hydrogen-bond acceptors (Lipinski definition) is 7. The molecule has 1 atom stereocenters. The highest BCUT2D eigenvalue weighted by Crippen LogP contribution is 2.24. The second kappa shape index (κ2) is 10.2. The van der Waals surface area contributed by atoms with Crippen molar-refractivity contribution in [3.05, 3.63) is 72.8 Å². The molecule has 4 aromatic rings. The van der Waals surface area contributed by atoms with E-state index in [-0.39, 0.29) is 30.0 Å². The average Bonchev–Trinajstić information content (AvgIpc) is 3.53. The lowest BCUT2D eigenvalue weighted by atomic mass is 10.1. The molecule has 0 spiro atoms. The number of ether oxygens (including phenoxy) is 2. The minimum Gasteiger partial charge on any atom is -0.496 e. The number of carbonyl (C=O) groups excluding carboxylic acids is 2. The van der Waals surface area contributed by atoms with E-state index in [4.69, 9.17) is 21.7 Å². The molecular formula is C25H24N4O5S2. The number of thiazole rings is 1. The normalized spacial score (nSPS) is 15.3. The van der Waals surface area contributed by atoms with Crippen LogP contribution in [0.4, 0.5) is 0 Å². The van der Waals surface area contributed by atoms with Gasteiger partial charge in [0.2, 0.25) is 0 Å². The smallest absolute Gasteiger partial charge is 0.265 e. The number of aromatic nitrogens is 2. The molecule has 1 saturated heterocycles. The van der Waals surface area contributed by atoms with Gasteiger partial charge in [-0.05, 0) is 49.3 Å². The molecule has 0 aliphatic carbocycles. The molecule has 0 bridgehead atoms. The quantitative estimate of drug-likeness (QED) is 0.319. The predicted molar refractivity (Wildman–Crippen MR) is 140 cm³/mol. The van der Waals surface area contributed by atoms with Crippen molar-refractivity contribution >= 4 is 51.9 Å². The van der Waals surface area contributed by atoms with Gasteiger partial charge in [0, 0.05) is 30.8 Å². The maximum Gasteiger partial charge on any atom is 0.265 e. The average molecular weight is 525 g/mol. The minimum atomic E-state index is -0.369. The van der Waals surface area contributed by atoms with Crippen molar-refractivity contribution in [1.29, 1.82) is 0 Å². The summed E-state index contributed by atoms with van der Waals surface area (Å²) in [6, 6.07) is 12.2. The predicted octanol–water partition coefficient (Wildman–Crippen LogP) is 3.42. The van der Waals surface area contributed by atoms with Gasteiger partial charge in [-0.3, -0.25) is 18.8 Å². The summed E-state index contributed by atoms with van der Waals surface area (Å²) in [6.45, 7) is 1.37. The topological polar surface area (TPSA) is 114 Å². The summed E-state index contributed by atoms with van der Waals surface area (Å²) in [5.74, 6) is 0.0387. The molecule has 2 aromatic heterocycles. The van der Waals surface area contributed by atoms with Crippen LogP contribution in [0, 0.1) is 3.95 Å². The Morgan fingerprint density at radius 3 is 2.83 bits per heavy atom. The molecule has 2 aromatic carbocycles. The zero-order valence-electron chi connectivity index (χ0n) is 19.5. The number of amides is 2. The monoisotopic (exact) mass is 524 g/mol. The van der Waals surface area contributed by atoms with Gasteiger partial charge in [0.15, 0.2) is 3.95 Å². The van der Waals surface area contributed by atoms with Gasteiger partial charge in [-0.1, -0.05) is 29.5 Å². The number of rotatable bonds is 7. The minimum absolute atomic E-state index is 0.00685. The van der Waals surface area contributed by atoms with E-state index in [0.717, 1.165) is 29.7 Å². The number of aromatic amines is 1. The molecule has 0 saturated carbocycles. The van der Waals surface area contributed by atoms with Crippen molar-refractivity contribution in [2.24, 2.45) is 0 Å². The standard InChI is InChI=1S/C25H24N4O5S2/c1-33-19-7-3-2-5-15(19)12-26-22(30)14-8-9-17-18(11-14)29-21(28-23(17)31)20(36-25(29)35)24(32)27-13-16-6-4-10-34-16/h2-3,5,7-9,11,16H,4,6,10,12-13H2,1H3,(H,26,30)(H,27,32)(H,28,31). The van der Waals surface area contributed by atoms with Gasteiger partial charge in [-0.2, -0.15) is 0 Å². The molecule has 1 fully saturated rings. The van der Waals surface area contributed by atoms with Gasteiger partial charge in [0.05, 0.1) is 24.1 Å². The van der Waals surface area contributed by atoms with E-state index in [1.54, 1.807) is 29.7 Å². The Bertz CT molecular complexity index is 1580. The summed E-state index contributed by atoms with van der Waals surface area (Å²) >= 11 is 6.66. The van der Waals surface area contributed by atoms with E-state index < -0.39 is 0 Å². The molecule has 1 aliphatic heterocycles. The van der Waals surface area contributed by atoms with Crippen LogP contribution in [0.5, 0.6) is 5.75 Å². The Kier molecular flexibility index (Phi) is 6.86. The largest absolute Gasteiger partial charge is 0.496 e. The number of methoxy groups -OCH3 is 1. The molecule has 0 radical (unpaired) electrons. The summed E-state index contributed by atoms with van der Waals surface area (Å²) in [5, 5.41) is 6.13. The van der Waals surface area contributed by atoms with Crippen molar-refractivity contribution in [3.8, 4) is 5.75 Å². The molecule has 1 aliphatic rings. The highest BCUT2D eigenvalue weighted by molar-refractivity contribution is 7.73. The van der Waals surface area contributed by atoms with Crippen LogP contribution in [0.2, 0.25) is 0 Å². The number of H-pyrrole nitrogens is 1. The second-order valence-corrected chi connectivity index (χ2v) is 10.1. The number of para-hydroxylation sites is 1. The van der Waals surface area contributed by atoms with Crippen molar-refractivity contribution < 1.29 is 19.1 Å². The molecule has 36 heavy (non-hydrogen) atoms. The summed E-state index contributed by atoms with van der Waals surface area (Å²) in [5.41, 5.74) is 1.59.